The van der Waals surface area contributed by atoms with Gasteiger partial charge in [-0.3, -0.25) is 4.98 Å². The highest BCUT2D eigenvalue weighted by Gasteiger charge is 2.12. The number of rotatable bonds is 2. The largest absolute Gasteiger partial charge is 0.384 e. The molecular weight excluding hydrogens is 305 g/mol. The maximum Gasteiger partial charge on any atom is 0.104 e. The minimum atomic E-state index is -0.745. The third-order valence-electron chi connectivity index (χ3n) is 3.43. The van der Waals surface area contributed by atoms with Gasteiger partial charge in [0.25, 0.3) is 0 Å². The fourth-order valence-electron chi connectivity index (χ4n) is 2.29. The van der Waals surface area contributed by atoms with Crippen molar-refractivity contribution in [3.05, 3.63) is 75.4 Å². The van der Waals surface area contributed by atoms with Crippen LogP contribution in [-0.4, -0.2) is 10.1 Å². The van der Waals surface area contributed by atoms with E-state index < -0.39 is 6.10 Å². The number of aliphatic hydroxyl groups is 1. The van der Waals surface area contributed by atoms with Crippen molar-refractivity contribution in [3.63, 3.8) is 0 Å². The highest BCUT2D eigenvalue weighted by atomic mass is 35.5. The van der Waals surface area contributed by atoms with Gasteiger partial charge in [0, 0.05) is 11.1 Å². The second-order valence-electron chi connectivity index (χ2n) is 4.98. The van der Waals surface area contributed by atoms with E-state index in [0.717, 1.165) is 22.2 Å². The molecule has 0 saturated carbocycles. The molecule has 1 heterocycles. The normalized spacial score (nSPS) is 12.6. The van der Waals surface area contributed by atoms with Crippen LogP contribution in [0.15, 0.2) is 48.5 Å². The van der Waals surface area contributed by atoms with Crippen LogP contribution in [0.5, 0.6) is 0 Å². The van der Waals surface area contributed by atoms with Gasteiger partial charge in [0.1, 0.15) is 6.10 Å². The number of hydrogen-bond acceptors (Lipinski definition) is 2. The molecule has 3 rings (SSSR count). The molecule has 0 aliphatic carbocycles. The van der Waals surface area contributed by atoms with Crippen LogP contribution in [0, 0.1) is 6.92 Å². The zero-order valence-corrected chi connectivity index (χ0v) is 12.9. The first kappa shape index (κ1) is 14.3. The van der Waals surface area contributed by atoms with Gasteiger partial charge < -0.3 is 5.11 Å². The number of nitrogens with zero attached hydrogens (tertiary/aromatic N) is 1. The average Bonchev–Trinajstić information content (AvgIpc) is 2.49. The van der Waals surface area contributed by atoms with Gasteiger partial charge in [0.15, 0.2) is 0 Å². The Hall–Kier alpha value is -1.61. The van der Waals surface area contributed by atoms with Crippen molar-refractivity contribution in [3.8, 4) is 0 Å². The third kappa shape index (κ3) is 2.88. The van der Waals surface area contributed by atoms with Crippen LogP contribution in [0.4, 0.5) is 0 Å². The standard InChI is InChI=1S/C17H13Cl2NO/c1-10-2-3-11-8-12(5-7-16(11)20-10)17(21)13-4-6-14(18)15(19)9-13/h2-9,17,21H,1H3. The van der Waals surface area contributed by atoms with Gasteiger partial charge in [0.2, 0.25) is 0 Å². The number of halogens is 2. The zero-order chi connectivity index (χ0) is 15.0. The van der Waals surface area contributed by atoms with Crippen molar-refractivity contribution in [1.82, 2.24) is 4.98 Å². The Kier molecular flexibility index (Phi) is 3.85. The Morgan fingerprint density at radius 3 is 2.38 bits per heavy atom. The first-order chi connectivity index (χ1) is 10.0. The van der Waals surface area contributed by atoms with E-state index in [1.54, 1.807) is 18.2 Å². The first-order valence-electron chi connectivity index (χ1n) is 6.55. The molecule has 0 saturated heterocycles. The van der Waals surface area contributed by atoms with Crippen LogP contribution in [0.25, 0.3) is 10.9 Å². The van der Waals surface area contributed by atoms with Crippen LogP contribution in [0.1, 0.15) is 22.9 Å². The number of benzene rings is 2. The minimum Gasteiger partial charge on any atom is -0.384 e. The fraction of sp³-hybridized carbons (Fsp3) is 0.118. The second-order valence-corrected chi connectivity index (χ2v) is 5.80. The molecule has 106 valence electrons. The SMILES string of the molecule is Cc1ccc2cc(C(O)c3ccc(Cl)c(Cl)c3)ccc2n1. The quantitative estimate of drug-likeness (QED) is 0.726. The summed E-state index contributed by atoms with van der Waals surface area (Å²) in [5, 5.41) is 12.4. The van der Waals surface area contributed by atoms with Gasteiger partial charge in [-0.2, -0.15) is 0 Å². The van der Waals surface area contributed by atoms with E-state index in [0.29, 0.717) is 15.6 Å². The van der Waals surface area contributed by atoms with E-state index >= 15 is 0 Å². The maximum absolute atomic E-state index is 10.5. The summed E-state index contributed by atoms with van der Waals surface area (Å²) in [7, 11) is 0. The molecule has 1 unspecified atom stereocenters. The van der Waals surface area contributed by atoms with Gasteiger partial charge >= 0.3 is 0 Å². The van der Waals surface area contributed by atoms with Crippen LogP contribution < -0.4 is 0 Å². The number of aromatic nitrogens is 1. The van der Waals surface area contributed by atoms with Gasteiger partial charge in [-0.1, -0.05) is 41.4 Å². The van der Waals surface area contributed by atoms with E-state index in [4.69, 9.17) is 23.2 Å². The van der Waals surface area contributed by atoms with Crippen LogP contribution in [0.2, 0.25) is 10.0 Å². The Balaban J connectivity index is 2.02. The number of aryl methyl sites for hydroxylation is 1. The summed E-state index contributed by atoms with van der Waals surface area (Å²) in [5.41, 5.74) is 3.40. The Morgan fingerprint density at radius 2 is 1.62 bits per heavy atom. The van der Waals surface area contributed by atoms with E-state index in [1.807, 2.05) is 37.3 Å². The van der Waals surface area contributed by atoms with E-state index in [1.165, 1.54) is 0 Å². The number of hydrogen-bond donors (Lipinski definition) is 1. The summed E-state index contributed by atoms with van der Waals surface area (Å²) >= 11 is 11.9. The molecule has 21 heavy (non-hydrogen) atoms. The Bertz CT molecular complexity index is 817. The summed E-state index contributed by atoms with van der Waals surface area (Å²) < 4.78 is 0. The molecule has 0 aliphatic heterocycles. The Morgan fingerprint density at radius 1 is 0.905 bits per heavy atom. The molecule has 1 N–H and O–H groups in total. The molecule has 4 heteroatoms. The summed E-state index contributed by atoms with van der Waals surface area (Å²) in [4.78, 5) is 4.45. The van der Waals surface area contributed by atoms with Crippen LogP contribution >= 0.6 is 23.2 Å². The second kappa shape index (κ2) is 5.64. The molecule has 3 aromatic rings. The summed E-state index contributed by atoms with van der Waals surface area (Å²) in [5.74, 6) is 0. The van der Waals surface area contributed by atoms with Gasteiger partial charge in [-0.05, 0) is 48.4 Å². The molecule has 0 spiro atoms. The molecule has 0 fully saturated rings. The van der Waals surface area contributed by atoms with Gasteiger partial charge in [-0.25, -0.2) is 0 Å². The van der Waals surface area contributed by atoms with Crippen molar-refractivity contribution < 1.29 is 5.11 Å². The molecule has 0 aliphatic rings. The third-order valence-corrected chi connectivity index (χ3v) is 4.17. The number of aliphatic hydroxyl groups excluding tert-OH is 1. The van der Waals surface area contributed by atoms with Crippen molar-refractivity contribution >= 4 is 34.1 Å². The van der Waals surface area contributed by atoms with E-state index in [-0.39, 0.29) is 0 Å². The van der Waals surface area contributed by atoms with Gasteiger partial charge in [-0.15, -0.1) is 0 Å². The average molecular weight is 318 g/mol. The molecule has 1 atom stereocenters. The summed E-state index contributed by atoms with van der Waals surface area (Å²) in [6.07, 6.45) is -0.745. The molecule has 0 radical (unpaired) electrons. The van der Waals surface area contributed by atoms with Crippen LogP contribution in [-0.2, 0) is 0 Å². The predicted octanol–water partition coefficient (Wildman–Crippen LogP) is 4.93. The fourth-order valence-corrected chi connectivity index (χ4v) is 2.60. The smallest absolute Gasteiger partial charge is 0.104 e. The molecule has 0 amide bonds. The zero-order valence-electron chi connectivity index (χ0n) is 11.3. The predicted molar refractivity (Wildman–Crippen MR) is 87.0 cm³/mol. The monoisotopic (exact) mass is 317 g/mol. The number of pyridine rings is 1. The molecule has 1 aromatic heterocycles. The number of fused-ring (bicyclic) bond motifs is 1. The lowest BCUT2D eigenvalue weighted by molar-refractivity contribution is 0.220. The topological polar surface area (TPSA) is 33.1 Å². The highest BCUT2D eigenvalue weighted by molar-refractivity contribution is 6.42. The molecule has 0 bridgehead atoms. The summed E-state index contributed by atoms with van der Waals surface area (Å²) in [6.45, 7) is 1.96. The van der Waals surface area contributed by atoms with E-state index in [2.05, 4.69) is 4.98 Å². The maximum atomic E-state index is 10.5. The van der Waals surface area contributed by atoms with Crippen molar-refractivity contribution in [2.24, 2.45) is 0 Å². The van der Waals surface area contributed by atoms with Crippen molar-refractivity contribution in [1.29, 1.82) is 0 Å². The van der Waals surface area contributed by atoms with E-state index in [9.17, 15) is 5.11 Å². The molecular formula is C17H13Cl2NO. The minimum absolute atomic E-state index is 0.436. The highest BCUT2D eigenvalue weighted by Crippen LogP contribution is 2.30. The Labute approximate surface area is 133 Å². The first-order valence-corrected chi connectivity index (χ1v) is 7.30. The lowest BCUT2D eigenvalue weighted by Crippen LogP contribution is -2.00. The van der Waals surface area contributed by atoms with Crippen molar-refractivity contribution in [2.45, 2.75) is 13.0 Å². The van der Waals surface area contributed by atoms with Crippen LogP contribution in [0.3, 0.4) is 0 Å². The summed E-state index contributed by atoms with van der Waals surface area (Å²) in [6, 6.07) is 14.8. The van der Waals surface area contributed by atoms with Gasteiger partial charge in [0.05, 0.1) is 15.6 Å². The molecule has 2 nitrogen and oxygen atoms in total. The molecule has 2 aromatic carbocycles. The lowest BCUT2D eigenvalue weighted by Gasteiger charge is -2.13. The lowest BCUT2D eigenvalue weighted by atomic mass is 10.00. The van der Waals surface area contributed by atoms with Crippen molar-refractivity contribution in [2.75, 3.05) is 0 Å².